The fraction of sp³-hybridized carbons (Fsp3) is 0.750. The minimum atomic E-state index is -0.833. The average molecular weight is 673 g/mol. The van der Waals surface area contributed by atoms with E-state index in [4.69, 9.17) is 19.4 Å². The summed E-state index contributed by atoms with van der Waals surface area (Å²) in [6, 6.07) is 0. The first-order valence-electron chi connectivity index (χ1n) is 15.0. The highest BCUT2D eigenvalue weighted by Crippen LogP contribution is 1.94. The van der Waals surface area contributed by atoms with Crippen LogP contribution in [0, 0.1) is 5.92 Å². The SMILES string of the molecule is C=C.CC(=O)O.CC(=O)OCC(C)C.CCCCOC(=O)OCCCC.CCCCOC(C)=O.CCOC(C)=O.COC(=O)OC. The Balaban J connectivity index is -0.0000000808. The largest absolute Gasteiger partial charge is 0.508 e. The molecule has 0 heterocycles. The van der Waals surface area contributed by atoms with Crippen molar-refractivity contribution in [2.45, 2.75) is 108 Å². The Morgan fingerprint density at radius 1 is 0.565 bits per heavy atom. The first-order valence-corrected chi connectivity index (χ1v) is 15.0. The van der Waals surface area contributed by atoms with Gasteiger partial charge in [-0.2, -0.15) is 0 Å². The minimum Gasteiger partial charge on any atom is -0.481 e. The van der Waals surface area contributed by atoms with E-state index in [0.29, 0.717) is 39.0 Å². The normalized spacial score (nSPS) is 8.20. The van der Waals surface area contributed by atoms with Crippen molar-refractivity contribution in [1.82, 2.24) is 0 Å². The molecule has 0 unspecified atom stereocenters. The van der Waals surface area contributed by atoms with E-state index in [1.54, 1.807) is 6.92 Å². The van der Waals surface area contributed by atoms with Gasteiger partial charge in [-0.05, 0) is 32.1 Å². The maximum atomic E-state index is 10.7. The lowest BCUT2D eigenvalue weighted by atomic mass is 10.2. The van der Waals surface area contributed by atoms with Crippen LogP contribution in [0.25, 0.3) is 0 Å². The molecular weight excluding hydrogens is 608 g/mol. The van der Waals surface area contributed by atoms with Crippen molar-refractivity contribution < 1.29 is 67.0 Å². The number of rotatable bonds is 12. The molecule has 0 aromatic rings. The molecule has 0 bridgehead atoms. The van der Waals surface area contributed by atoms with Gasteiger partial charge in [0.15, 0.2) is 0 Å². The Labute approximate surface area is 277 Å². The van der Waals surface area contributed by atoms with Gasteiger partial charge in [0.25, 0.3) is 5.97 Å². The summed E-state index contributed by atoms with van der Waals surface area (Å²) in [5.74, 6) is -0.978. The fourth-order valence-electron chi connectivity index (χ4n) is 1.57. The molecule has 0 saturated heterocycles. The molecule has 0 fully saturated rings. The van der Waals surface area contributed by atoms with E-state index >= 15 is 0 Å². The van der Waals surface area contributed by atoms with Gasteiger partial charge in [-0.3, -0.25) is 19.2 Å². The van der Waals surface area contributed by atoms with Crippen molar-refractivity contribution in [3.63, 3.8) is 0 Å². The molecule has 14 heteroatoms. The molecule has 0 spiro atoms. The topological polar surface area (TPSA) is 187 Å². The zero-order chi connectivity index (χ0) is 37.8. The summed E-state index contributed by atoms with van der Waals surface area (Å²) in [5, 5.41) is 7.42. The number of carbonyl (C=O) groups excluding carboxylic acids is 5. The molecule has 276 valence electrons. The van der Waals surface area contributed by atoms with Gasteiger partial charge in [0, 0.05) is 27.7 Å². The second-order valence-electron chi connectivity index (χ2n) is 8.65. The first kappa shape index (κ1) is 57.8. The highest BCUT2D eigenvalue weighted by molar-refractivity contribution is 5.66. The standard InChI is InChI=1S/C9H18O3.2C6H12O2.C4H8O2.C3H6O3.C2H4O2.C2H4/c1-3-5-7-11-9(10)12-8-6-4-2;1-5(2)4-8-6(3)7;1-3-4-5-8-6(2)7;1-3-6-4(2)5;1-5-3(4)6-2;1-2(3)4;1-2/h3-8H2,1-2H3;5H,4H2,1-3H3;3-5H2,1-2H3;3H2,1-2H3;1-2H3;1H3,(H,3,4);1-2H2. The number of carbonyl (C=O) groups is 6. The number of carboxylic acid groups (broad SMARTS) is 1. The Bertz CT molecular complexity index is 672. The Kier molecular flexibility index (Phi) is 67.4. The van der Waals surface area contributed by atoms with Crippen LogP contribution in [0.5, 0.6) is 0 Å². The highest BCUT2D eigenvalue weighted by Gasteiger charge is 2.01. The Morgan fingerprint density at radius 2 is 0.870 bits per heavy atom. The van der Waals surface area contributed by atoms with Gasteiger partial charge in [-0.15, -0.1) is 13.2 Å². The lowest BCUT2D eigenvalue weighted by Crippen LogP contribution is -2.09. The summed E-state index contributed by atoms with van der Waals surface area (Å²) in [7, 11) is 2.51. The van der Waals surface area contributed by atoms with E-state index in [1.807, 2.05) is 27.7 Å². The third-order valence-corrected chi connectivity index (χ3v) is 3.54. The van der Waals surface area contributed by atoms with E-state index in [1.165, 1.54) is 35.0 Å². The monoisotopic (exact) mass is 672 g/mol. The van der Waals surface area contributed by atoms with E-state index in [2.05, 4.69) is 43.8 Å². The van der Waals surface area contributed by atoms with Crippen molar-refractivity contribution in [3.8, 4) is 0 Å². The number of hydrogen-bond donors (Lipinski definition) is 1. The molecule has 0 rings (SSSR count). The van der Waals surface area contributed by atoms with Gasteiger partial charge in [-0.25, -0.2) is 9.59 Å². The molecule has 46 heavy (non-hydrogen) atoms. The van der Waals surface area contributed by atoms with Gasteiger partial charge in [-0.1, -0.05) is 53.9 Å². The molecule has 0 radical (unpaired) electrons. The van der Waals surface area contributed by atoms with Crippen molar-refractivity contribution in [3.05, 3.63) is 13.2 Å². The van der Waals surface area contributed by atoms with Gasteiger partial charge in [0.2, 0.25) is 0 Å². The quantitative estimate of drug-likeness (QED) is 0.0952. The van der Waals surface area contributed by atoms with Gasteiger partial charge >= 0.3 is 30.2 Å². The van der Waals surface area contributed by atoms with Crippen LogP contribution in [0.2, 0.25) is 0 Å². The summed E-state index contributed by atoms with van der Waals surface area (Å²) in [4.78, 5) is 59.5. The smallest absolute Gasteiger partial charge is 0.481 e. The van der Waals surface area contributed by atoms with Crippen LogP contribution in [0.4, 0.5) is 9.59 Å². The molecule has 0 atom stereocenters. The lowest BCUT2D eigenvalue weighted by molar-refractivity contribution is -0.142. The Hall–Kier alpha value is -3.84. The maximum absolute atomic E-state index is 10.7. The summed E-state index contributed by atoms with van der Waals surface area (Å²) in [6.07, 6.45) is 4.73. The van der Waals surface area contributed by atoms with Crippen LogP contribution in [0.1, 0.15) is 108 Å². The lowest BCUT2D eigenvalue weighted by Gasteiger charge is -2.04. The van der Waals surface area contributed by atoms with E-state index in [0.717, 1.165) is 45.4 Å². The predicted molar refractivity (Wildman–Crippen MR) is 176 cm³/mol. The van der Waals surface area contributed by atoms with Gasteiger partial charge in [0.1, 0.15) is 0 Å². The number of ether oxygens (including phenoxy) is 7. The molecule has 0 aliphatic rings. The number of hydrogen-bond acceptors (Lipinski definition) is 13. The fourth-order valence-corrected chi connectivity index (χ4v) is 1.57. The van der Waals surface area contributed by atoms with Crippen molar-refractivity contribution in [1.29, 1.82) is 0 Å². The number of aliphatic carboxylic acids is 1. The molecule has 0 amide bonds. The zero-order valence-corrected chi connectivity index (χ0v) is 30.5. The molecule has 1 N–H and O–H groups in total. The number of carboxylic acids is 1. The van der Waals surface area contributed by atoms with Crippen LogP contribution in [0.3, 0.4) is 0 Å². The molecule has 0 aromatic carbocycles. The second kappa shape index (κ2) is 53.7. The molecule has 0 aromatic heterocycles. The first-order chi connectivity index (χ1) is 21.5. The molecular formula is C32H64O14. The van der Waals surface area contributed by atoms with Crippen molar-refractivity contribution in [2.24, 2.45) is 5.92 Å². The van der Waals surface area contributed by atoms with Crippen LogP contribution in [-0.4, -0.2) is 88.5 Å². The minimum absolute atomic E-state index is 0.182. The van der Waals surface area contributed by atoms with E-state index in [9.17, 15) is 24.0 Å². The molecule has 14 nitrogen and oxygen atoms in total. The van der Waals surface area contributed by atoms with Crippen LogP contribution < -0.4 is 0 Å². The zero-order valence-electron chi connectivity index (χ0n) is 30.5. The average Bonchev–Trinajstić information content (AvgIpc) is 2.98. The van der Waals surface area contributed by atoms with Crippen molar-refractivity contribution in [2.75, 3.05) is 47.3 Å². The summed E-state index contributed by atoms with van der Waals surface area (Å²) < 4.78 is 31.3. The Morgan fingerprint density at radius 3 is 1.02 bits per heavy atom. The van der Waals surface area contributed by atoms with Gasteiger partial charge in [0.05, 0.1) is 47.3 Å². The van der Waals surface area contributed by atoms with Gasteiger partial charge < -0.3 is 38.3 Å². The summed E-state index contributed by atoms with van der Waals surface area (Å²) in [6.45, 7) is 25.8. The third-order valence-electron chi connectivity index (χ3n) is 3.54. The van der Waals surface area contributed by atoms with Crippen molar-refractivity contribution >= 4 is 36.2 Å². The molecule has 0 aliphatic carbocycles. The summed E-state index contributed by atoms with van der Waals surface area (Å²) in [5.41, 5.74) is 0. The number of methoxy groups -OCH3 is 2. The molecule has 0 aliphatic heterocycles. The highest BCUT2D eigenvalue weighted by atomic mass is 16.7. The van der Waals surface area contributed by atoms with Crippen LogP contribution in [0.15, 0.2) is 13.2 Å². The van der Waals surface area contributed by atoms with Crippen LogP contribution >= 0.6 is 0 Å². The third kappa shape index (κ3) is 115. The predicted octanol–water partition coefficient (Wildman–Crippen LogP) is 7.16. The van der Waals surface area contributed by atoms with E-state index in [-0.39, 0.29) is 17.9 Å². The van der Waals surface area contributed by atoms with Crippen LogP contribution in [-0.2, 0) is 52.3 Å². The van der Waals surface area contributed by atoms with E-state index < -0.39 is 18.3 Å². The second-order valence-corrected chi connectivity index (χ2v) is 8.65. The molecule has 0 saturated carbocycles. The summed E-state index contributed by atoms with van der Waals surface area (Å²) >= 11 is 0. The number of esters is 3. The number of unbranched alkanes of at least 4 members (excludes halogenated alkanes) is 3. The maximum Gasteiger partial charge on any atom is 0.508 e.